The van der Waals surface area contributed by atoms with E-state index in [9.17, 15) is 5.11 Å². The summed E-state index contributed by atoms with van der Waals surface area (Å²) >= 11 is 1.51. The van der Waals surface area contributed by atoms with Gasteiger partial charge in [-0.1, -0.05) is 0 Å². The van der Waals surface area contributed by atoms with Crippen molar-refractivity contribution in [3.8, 4) is 0 Å². The quantitative estimate of drug-likeness (QED) is 0.837. The minimum atomic E-state index is -0.699. The Bertz CT molecular complexity index is 397. The molecule has 5 heteroatoms. The van der Waals surface area contributed by atoms with Crippen LogP contribution < -0.4 is 0 Å². The highest BCUT2D eigenvalue weighted by Crippen LogP contribution is 2.18. The molecule has 0 saturated heterocycles. The molecule has 0 aromatic carbocycles. The summed E-state index contributed by atoms with van der Waals surface area (Å²) in [5.74, 6) is 0.359. The van der Waals surface area contributed by atoms with Gasteiger partial charge in [0, 0.05) is 18.0 Å². The molecular formula is C9H10N2O2S. The fraction of sp³-hybridized carbons (Fsp3) is 0.333. The molecule has 2 heterocycles. The Labute approximate surface area is 85.3 Å². The van der Waals surface area contributed by atoms with Crippen LogP contribution in [-0.2, 0) is 6.42 Å². The third-order valence-corrected chi connectivity index (χ3v) is 2.58. The van der Waals surface area contributed by atoms with Crippen molar-refractivity contribution in [1.82, 2.24) is 9.97 Å². The molecule has 0 amide bonds. The largest absolute Gasteiger partial charge is 0.446 e. The molecule has 0 spiro atoms. The number of thiazole rings is 1. The molecule has 1 N–H and O–H groups in total. The standard InChI is InChI=1S/C9H10N2O2S/c1-6-5-13-9(11-6)7(12)4-8-10-2-3-14-8/h2-3,5,7,12H,4H2,1H3. The van der Waals surface area contributed by atoms with E-state index in [4.69, 9.17) is 4.42 Å². The summed E-state index contributed by atoms with van der Waals surface area (Å²) in [5, 5.41) is 12.5. The van der Waals surface area contributed by atoms with E-state index in [1.54, 1.807) is 6.20 Å². The highest BCUT2D eigenvalue weighted by molar-refractivity contribution is 7.09. The van der Waals surface area contributed by atoms with Crippen molar-refractivity contribution < 1.29 is 9.52 Å². The van der Waals surface area contributed by atoms with Crippen LogP contribution in [-0.4, -0.2) is 15.1 Å². The van der Waals surface area contributed by atoms with Crippen molar-refractivity contribution in [2.75, 3.05) is 0 Å². The first kappa shape index (κ1) is 9.36. The molecule has 0 aliphatic carbocycles. The van der Waals surface area contributed by atoms with Gasteiger partial charge in [0.2, 0.25) is 5.89 Å². The van der Waals surface area contributed by atoms with Gasteiger partial charge in [0.15, 0.2) is 0 Å². The van der Waals surface area contributed by atoms with Gasteiger partial charge in [-0.3, -0.25) is 0 Å². The van der Waals surface area contributed by atoms with E-state index in [2.05, 4.69) is 9.97 Å². The third-order valence-electron chi connectivity index (χ3n) is 1.77. The van der Waals surface area contributed by atoms with Crippen LogP contribution in [0.2, 0.25) is 0 Å². The summed E-state index contributed by atoms with van der Waals surface area (Å²) in [6.07, 6.45) is 3.00. The highest BCUT2D eigenvalue weighted by Gasteiger charge is 2.15. The molecule has 0 aliphatic rings. The number of hydrogen-bond donors (Lipinski definition) is 1. The van der Waals surface area contributed by atoms with Gasteiger partial charge in [-0.05, 0) is 6.92 Å². The molecule has 74 valence electrons. The predicted octanol–water partition coefficient (Wildman–Crippen LogP) is 1.72. The Morgan fingerprint density at radius 2 is 2.50 bits per heavy atom. The molecule has 2 aromatic heterocycles. The molecular weight excluding hydrogens is 200 g/mol. The van der Waals surface area contributed by atoms with E-state index < -0.39 is 6.10 Å². The number of aliphatic hydroxyl groups is 1. The molecule has 0 bridgehead atoms. The fourth-order valence-corrected chi connectivity index (χ4v) is 1.79. The summed E-state index contributed by atoms with van der Waals surface area (Å²) in [7, 11) is 0. The number of nitrogens with zero attached hydrogens (tertiary/aromatic N) is 2. The number of aryl methyl sites for hydroxylation is 1. The van der Waals surface area contributed by atoms with E-state index in [0.29, 0.717) is 12.3 Å². The van der Waals surface area contributed by atoms with Crippen LogP contribution in [0.4, 0.5) is 0 Å². The van der Waals surface area contributed by atoms with Gasteiger partial charge in [-0.25, -0.2) is 9.97 Å². The Morgan fingerprint density at radius 1 is 1.64 bits per heavy atom. The van der Waals surface area contributed by atoms with Crippen LogP contribution in [0.5, 0.6) is 0 Å². The van der Waals surface area contributed by atoms with Crippen LogP contribution in [0.15, 0.2) is 22.3 Å². The summed E-state index contributed by atoms with van der Waals surface area (Å²) in [6, 6.07) is 0. The van der Waals surface area contributed by atoms with Gasteiger partial charge in [0.25, 0.3) is 0 Å². The van der Waals surface area contributed by atoms with E-state index in [1.807, 2.05) is 12.3 Å². The van der Waals surface area contributed by atoms with Gasteiger partial charge in [-0.15, -0.1) is 11.3 Å². The Morgan fingerprint density at radius 3 is 3.07 bits per heavy atom. The van der Waals surface area contributed by atoms with Crippen molar-refractivity contribution in [2.45, 2.75) is 19.4 Å². The minimum Gasteiger partial charge on any atom is -0.446 e. The monoisotopic (exact) mass is 210 g/mol. The van der Waals surface area contributed by atoms with Crippen LogP contribution in [0, 0.1) is 6.92 Å². The van der Waals surface area contributed by atoms with E-state index in [0.717, 1.165) is 10.7 Å². The predicted molar refractivity (Wildman–Crippen MR) is 52.0 cm³/mol. The highest BCUT2D eigenvalue weighted by atomic mass is 32.1. The maximum Gasteiger partial charge on any atom is 0.223 e. The van der Waals surface area contributed by atoms with Gasteiger partial charge < -0.3 is 9.52 Å². The van der Waals surface area contributed by atoms with Crippen molar-refractivity contribution in [3.05, 3.63) is 34.4 Å². The molecule has 14 heavy (non-hydrogen) atoms. The van der Waals surface area contributed by atoms with E-state index in [-0.39, 0.29) is 0 Å². The number of aliphatic hydroxyl groups excluding tert-OH is 1. The molecule has 0 fully saturated rings. The lowest BCUT2D eigenvalue weighted by Gasteiger charge is -2.02. The maximum absolute atomic E-state index is 9.72. The molecule has 0 saturated carbocycles. The van der Waals surface area contributed by atoms with Gasteiger partial charge in [0.05, 0.1) is 10.7 Å². The SMILES string of the molecule is Cc1coc(C(O)Cc2nccs2)n1. The first-order chi connectivity index (χ1) is 6.75. The second-order valence-electron chi connectivity index (χ2n) is 2.97. The van der Waals surface area contributed by atoms with Crippen LogP contribution in [0.3, 0.4) is 0 Å². The van der Waals surface area contributed by atoms with Crippen molar-refractivity contribution in [3.63, 3.8) is 0 Å². The van der Waals surface area contributed by atoms with Crippen molar-refractivity contribution in [1.29, 1.82) is 0 Å². The zero-order valence-corrected chi connectivity index (χ0v) is 8.49. The molecule has 1 unspecified atom stereocenters. The lowest BCUT2D eigenvalue weighted by atomic mass is 10.2. The zero-order valence-electron chi connectivity index (χ0n) is 7.67. The molecule has 1 atom stereocenters. The van der Waals surface area contributed by atoms with E-state index >= 15 is 0 Å². The van der Waals surface area contributed by atoms with Crippen molar-refractivity contribution >= 4 is 11.3 Å². The smallest absolute Gasteiger partial charge is 0.223 e. The second kappa shape index (κ2) is 3.89. The van der Waals surface area contributed by atoms with Crippen molar-refractivity contribution in [2.24, 2.45) is 0 Å². The topological polar surface area (TPSA) is 59.2 Å². The molecule has 2 rings (SSSR count). The fourth-order valence-electron chi connectivity index (χ4n) is 1.13. The summed E-state index contributed by atoms with van der Waals surface area (Å²) < 4.78 is 5.09. The van der Waals surface area contributed by atoms with Gasteiger partial charge >= 0.3 is 0 Å². The second-order valence-corrected chi connectivity index (χ2v) is 3.95. The average molecular weight is 210 g/mol. The minimum absolute atomic E-state index is 0.359. The molecule has 0 radical (unpaired) electrons. The van der Waals surface area contributed by atoms with Crippen LogP contribution in [0.25, 0.3) is 0 Å². The molecule has 4 nitrogen and oxygen atoms in total. The normalized spacial score (nSPS) is 13.0. The van der Waals surface area contributed by atoms with E-state index in [1.165, 1.54) is 17.6 Å². The summed E-state index contributed by atoms with van der Waals surface area (Å²) in [4.78, 5) is 8.13. The maximum atomic E-state index is 9.72. The molecule has 0 aliphatic heterocycles. The Balaban J connectivity index is 2.06. The molecule has 2 aromatic rings. The number of hydrogen-bond acceptors (Lipinski definition) is 5. The van der Waals surface area contributed by atoms with Gasteiger partial charge in [-0.2, -0.15) is 0 Å². The zero-order chi connectivity index (χ0) is 9.97. The Kier molecular flexibility index (Phi) is 2.60. The number of oxazole rings is 1. The van der Waals surface area contributed by atoms with Crippen LogP contribution in [0.1, 0.15) is 22.7 Å². The lowest BCUT2D eigenvalue weighted by molar-refractivity contribution is 0.144. The third kappa shape index (κ3) is 2.00. The number of rotatable bonds is 3. The summed E-state index contributed by atoms with van der Waals surface area (Å²) in [6.45, 7) is 1.82. The average Bonchev–Trinajstić information content (AvgIpc) is 2.75. The first-order valence-corrected chi connectivity index (χ1v) is 5.12. The lowest BCUT2D eigenvalue weighted by Crippen LogP contribution is -2.01. The first-order valence-electron chi connectivity index (χ1n) is 4.24. The Hall–Kier alpha value is -1.20. The summed E-state index contributed by atoms with van der Waals surface area (Å²) in [5.41, 5.74) is 0.776. The number of aromatic nitrogens is 2. The van der Waals surface area contributed by atoms with Crippen LogP contribution >= 0.6 is 11.3 Å². The van der Waals surface area contributed by atoms with Gasteiger partial charge in [0.1, 0.15) is 12.4 Å².